The van der Waals surface area contributed by atoms with E-state index in [2.05, 4.69) is 21.2 Å². The number of nitrogens with two attached hydrogens (primary N) is 1. The van der Waals surface area contributed by atoms with Crippen molar-refractivity contribution in [3.05, 3.63) is 34.3 Å². The molecule has 1 atom stereocenters. The number of rotatable bonds is 5. The Morgan fingerprint density at radius 1 is 1.40 bits per heavy atom. The van der Waals surface area contributed by atoms with E-state index in [0.29, 0.717) is 6.54 Å². The van der Waals surface area contributed by atoms with Crippen molar-refractivity contribution in [2.75, 3.05) is 6.54 Å². The summed E-state index contributed by atoms with van der Waals surface area (Å²) in [5.41, 5.74) is 5.73. The number of aliphatic hydroxyl groups excluding tert-OH is 1. The van der Waals surface area contributed by atoms with Gasteiger partial charge in [-0.2, -0.15) is 0 Å². The highest BCUT2D eigenvalue weighted by Crippen LogP contribution is 2.28. The summed E-state index contributed by atoms with van der Waals surface area (Å²) in [6.45, 7) is 0.333. The van der Waals surface area contributed by atoms with E-state index < -0.39 is 11.6 Å². The number of carbonyl (C=O) groups is 1. The second kappa shape index (κ2) is 6.70. The van der Waals surface area contributed by atoms with Gasteiger partial charge in [-0.3, -0.25) is 4.79 Å². The second-order valence-electron chi connectivity index (χ2n) is 5.46. The molecule has 0 saturated heterocycles. The second-order valence-corrected chi connectivity index (χ2v) is 6.37. The molecule has 0 aliphatic heterocycles. The molecule has 20 heavy (non-hydrogen) atoms. The quantitative estimate of drug-likeness (QED) is 0.769. The van der Waals surface area contributed by atoms with Crippen LogP contribution in [-0.2, 0) is 4.79 Å². The number of hydrogen-bond acceptors (Lipinski definition) is 3. The number of hydrogen-bond donors (Lipinski definition) is 3. The Morgan fingerprint density at radius 3 is 2.70 bits per heavy atom. The molecule has 110 valence electrons. The Kier molecular flexibility index (Phi) is 5.18. The van der Waals surface area contributed by atoms with Crippen molar-refractivity contribution in [1.82, 2.24) is 5.32 Å². The van der Waals surface area contributed by atoms with E-state index in [-0.39, 0.29) is 5.91 Å². The minimum Gasteiger partial charge on any atom is -0.387 e. The normalized spacial score (nSPS) is 19.5. The zero-order chi connectivity index (χ0) is 14.6. The Hall–Kier alpha value is -0.910. The zero-order valence-electron chi connectivity index (χ0n) is 11.4. The van der Waals surface area contributed by atoms with Crippen molar-refractivity contribution in [2.45, 2.75) is 43.7 Å². The summed E-state index contributed by atoms with van der Waals surface area (Å²) in [6.07, 6.45) is 4.02. The van der Waals surface area contributed by atoms with Crippen molar-refractivity contribution in [3.63, 3.8) is 0 Å². The molecule has 1 unspecified atom stereocenters. The van der Waals surface area contributed by atoms with Crippen LogP contribution < -0.4 is 11.1 Å². The van der Waals surface area contributed by atoms with Crippen molar-refractivity contribution in [2.24, 2.45) is 5.73 Å². The van der Waals surface area contributed by atoms with Gasteiger partial charge in [-0.15, -0.1) is 0 Å². The van der Waals surface area contributed by atoms with E-state index in [1.807, 2.05) is 24.3 Å². The lowest BCUT2D eigenvalue weighted by atomic mass is 9.81. The minimum absolute atomic E-state index is 0.307. The minimum atomic E-state index is -0.648. The first kappa shape index (κ1) is 15.5. The third-order valence-electron chi connectivity index (χ3n) is 4.05. The predicted molar refractivity (Wildman–Crippen MR) is 82.1 cm³/mol. The fourth-order valence-corrected chi connectivity index (χ4v) is 3.21. The smallest absolute Gasteiger partial charge is 0.237 e. The van der Waals surface area contributed by atoms with Crippen molar-refractivity contribution in [1.29, 1.82) is 0 Å². The largest absolute Gasteiger partial charge is 0.387 e. The summed E-state index contributed by atoms with van der Waals surface area (Å²) >= 11 is 3.39. The molecular weight excluding hydrogens is 320 g/mol. The number of nitrogens with one attached hydrogen (secondary N) is 1. The zero-order valence-corrected chi connectivity index (χ0v) is 13.0. The molecule has 0 radical (unpaired) electrons. The topological polar surface area (TPSA) is 75.4 Å². The first-order valence-electron chi connectivity index (χ1n) is 7.02. The van der Waals surface area contributed by atoms with Crippen LogP contribution in [0.25, 0.3) is 0 Å². The van der Waals surface area contributed by atoms with Gasteiger partial charge in [0, 0.05) is 11.0 Å². The highest BCUT2D eigenvalue weighted by molar-refractivity contribution is 9.10. The molecule has 1 aliphatic rings. The maximum absolute atomic E-state index is 11.8. The Morgan fingerprint density at radius 2 is 2.10 bits per heavy atom. The summed E-state index contributed by atoms with van der Waals surface area (Å²) in [7, 11) is 0. The molecule has 0 bridgehead atoms. The van der Waals surface area contributed by atoms with E-state index in [9.17, 15) is 9.90 Å². The molecule has 1 aromatic carbocycles. The van der Waals surface area contributed by atoms with E-state index in [1.54, 1.807) is 0 Å². The Labute approximate surface area is 127 Å². The van der Waals surface area contributed by atoms with Crippen LogP contribution in [0, 0.1) is 0 Å². The van der Waals surface area contributed by atoms with Gasteiger partial charge in [0.2, 0.25) is 5.91 Å². The molecule has 2 rings (SSSR count). The molecule has 1 saturated carbocycles. The van der Waals surface area contributed by atoms with Crippen molar-refractivity contribution >= 4 is 21.8 Å². The standard InChI is InChI=1S/C15H21BrN2O2/c16-12-6-4-5-11(9-12)13(19)10-18-15(14(17)20)7-2-1-3-8-15/h4-6,9,13,18-19H,1-3,7-8,10H2,(H2,17,20). The molecule has 4 nitrogen and oxygen atoms in total. The molecule has 1 aromatic rings. The van der Waals surface area contributed by atoms with Gasteiger partial charge in [-0.1, -0.05) is 47.3 Å². The monoisotopic (exact) mass is 340 g/mol. The van der Waals surface area contributed by atoms with Crippen molar-refractivity contribution in [3.8, 4) is 0 Å². The highest BCUT2D eigenvalue weighted by Gasteiger charge is 2.37. The van der Waals surface area contributed by atoms with Crippen LogP contribution in [0.3, 0.4) is 0 Å². The van der Waals surface area contributed by atoms with Gasteiger partial charge < -0.3 is 16.2 Å². The molecule has 1 aliphatic carbocycles. The molecule has 1 fully saturated rings. The predicted octanol–water partition coefficient (Wildman–Crippen LogP) is 2.26. The van der Waals surface area contributed by atoms with Crippen LogP contribution in [0.1, 0.15) is 43.8 Å². The summed E-state index contributed by atoms with van der Waals surface area (Å²) in [5.74, 6) is -0.307. The van der Waals surface area contributed by atoms with Gasteiger partial charge in [0.15, 0.2) is 0 Å². The fourth-order valence-electron chi connectivity index (χ4n) is 2.79. The molecule has 1 amide bonds. The highest BCUT2D eigenvalue weighted by atomic mass is 79.9. The molecule has 0 spiro atoms. The molecular formula is C15H21BrN2O2. The summed E-state index contributed by atoms with van der Waals surface area (Å²) in [4.78, 5) is 11.8. The molecule has 0 heterocycles. The lowest BCUT2D eigenvalue weighted by Crippen LogP contribution is -2.57. The molecule has 4 N–H and O–H groups in total. The van der Waals surface area contributed by atoms with Crippen LogP contribution >= 0.6 is 15.9 Å². The number of carbonyl (C=O) groups excluding carboxylic acids is 1. The van der Waals surface area contributed by atoms with Gasteiger partial charge in [0.1, 0.15) is 0 Å². The van der Waals surface area contributed by atoms with Crippen LogP contribution in [-0.4, -0.2) is 23.1 Å². The van der Waals surface area contributed by atoms with Crippen LogP contribution in [0.15, 0.2) is 28.7 Å². The average Bonchev–Trinajstić information content (AvgIpc) is 2.45. The first-order valence-corrected chi connectivity index (χ1v) is 7.81. The fraction of sp³-hybridized carbons (Fsp3) is 0.533. The third kappa shape index (κ3) is 3.59. The lowest BCUT2D eigenvalue weighted by Gasteiger charge is -2.36. The number of β-amino-alcohol motifs (C(OH)–C–C–N with tert-alkyl or cyclic N) is 1. The van der Waals surface area contributed by atoms with E-state index in [1.165, 1.54) is 0 Å². The Bertz CT molecular complexity index is 473. The summed E-state index contributed by atoms with van der Waals surface area (Å²) in [5, 5.41) is 13.4. The number of aliphatic hydroxyl groups is 1. The molecule has 0 aromatic heterocycles. The van der Waals surface area contributed by atoms with E-state index in [0.717, 1.165) is 42.1 Å². The van der Waals surface area contributed by atoms with Crippen LogP contribution in [0.2, 0.25) is 0 Å². The number of primary amides is 1. The molecule has 5 heteroatoms. The van der Waals surface area contributed by atoms with Gasteiger partial charge in [-0.05, 0) is 30.5 Å². The number of halogens is 1. The Balaban J connectivity index is 2.00. The van der Waals surface area contributed by atoms with Gasteiger partial charge in [-0.25, -0.2) is 0 Å². The van der Waals surface area contributed by atoms with Crippen LogP contribution in [0.5, 0.6) is 0 Å². The maximum Gasteiger partial charge on any atom is 0.237 e. The number of benzene rings is 1. The van der Waals surface area contributed by atoms with Crippen LogP contribution in [0.4, 0.5) is 0 Å². The van der Waals surface area contributed by atoms with Gasteiger partial charge >= 0.3 is 0 Å². The van der Waals surface area contributed by atoms with Crippen molar-refractivity contribution < 1.29 is 9.90 Å². The lowest BCUT2D eigenvalue weighted by molar-refractivity contribution is -0.126. The third-order valence-corrected chi connectivity index (χ3v) is 4.54. The van der Waals surface area contributed by atoms with Gasteiger partial charge in [0.05, 0.1) is 11.6 Å². The van der Waals surface area contributed by atoms with E-state index in [4.69, 9.17) is 5.73 Å². The summed E-state index contributed by atoms with van der Waals surface area (Å²) < 4.78 is 0.927. The first-order chi connectivity index (χ1) is 9.53. The SMILES string of the molecule is NC(=O)C1(NCC(O)c2cccc(Br)c2)CCCCC1. The van der Waals surface area contributed by atoms with Gasteiger partial charge in [0.25, 0.3) is 0 Å². The van der Waals surface area contributed by atoms with E-state index >= 15 is 0 Å². The summed E-state index contributed by atoms with van der Waals surface area (Å²) in [6, 6.07) is 7.54. The number of amides is 1. The average molecular weight is 341 g/mol. The maximum atomic E-state index is 11.8.